The molecule has 0 bridgehead atoms. The van der Waals surface area contributed by atoms with E-state index < -0.39 is 0 Å². The Hall–Kier alpha value is -1.59. The number of aliphatic hydroxyl groups excluding tert-OH is 1. The van der Waals surface area contributed by atoms with E-state index in [9.17, 15) is 4.79 Å². The number of amides is 2. The molecule has 0 aromatic heterocycles. The molecule has 0 aliphatic heterocycles. The van der Waals surface area contributed by atoms with E-state index in [1.54, 1.807) is 0 Å². The summed E-state index contributed by atoms with van der Waals surface area (Å²) >= 11 is 0. The van der Waals surface area contributed by atoms with E-state index in [1.165, 1.54) is 11.1 Å². The summed E-state index contributed by atoms with van der Waals surface area (Å²) in [4.78, 5) is 11.6. The van der Waals surface area contributed by atoms with Gasteiger partial charge in [-0.2, -0.15) is 0 Å². The van der Waals surface area contributed by atoms with E-state index >= 15 is 0 Å². The van der Waals surface area contributed by atoms with Gasteiger partial charge < -0.3 is 20.5 Å². The summed E-state index contributed by atoms with van der Waals surface area (Å²) < 4.78 is 5.11. The molecule has 0 heterocycles. The van der Waals surface area contributed by atoms with Crippen LogP contribution in [0.15, 0.2) is 24.3 Å². The minimum Gasteiger partial charge on any atom is -0.394 e. The van der Waals surface area contributed by atoms with Gasteiger partial charge in [-0.05, 0) is 24.0 Å². The first-order chi connectivity index (χ1) is 9.81. The molecule has 0 fully saturated rings. The third-order valence-electron chi connectivity index (χ3n) is 3.46. The average Bonchev–Trinajstić information content (AvgIpc) is 2.43. The van der Waals surface area contributed by atoms with Crippen molar-refractivity contribution in [2.75, 3.05) is 32.9 Å². The Labute approximate surface area is 119 Å². The number of nitrogens with one attached hydrogen (secondary N) is 2. The van der Waals surface area contributed by atoms with Crippen molar-refractivity contribution in [2.24, 2.45) is 0 Å². The molecule has 1 aliphatic carbocycles. The van der Waals surface area contributed by atoms with Gasteiger partial charge in [0.25, 0.3) is 0 Å². The van der Waals surface area contributed by atoms with E-state index in [-0.39, 0.29) is 12.6 Å². The highest BCUT2D eigenvalue weighted by atomic mass is 16.5. The summed E-state index contributed by atoms with van der Waals surface area (Å²) in [5, 5.41) is 14.2. The van der Waals surface area contributed by atoms with Crippen LogP contribution in [0.5, 0.6) is 0 Å². The van der Waals surface area contributed by atoms with Gasteiger partial charge >= 0.3 is 6.03 Å². The van der Waals surface area contributed by atoms with Crippen LogP contribution >= 0.6 is 0 Å². The number of hydrogen-bond acceptors (Lipinski definition) is 3. The van der Waals surface area contributed by atoms with Crippen LogP contribution in [0.1, 0.15) is 23.5 Å². The van der Waals surface area contributed by atoms with E-state index in [1.807, 2.05) is 12.1 Å². The number of carbonyl (C=O) groups excluding carboxylic acids is 1. The lowest BCUT2D eigenvalue weighted by molar-refractivity contribution is 0.0910. The van der Waals surface area contributed by atoms with Gasteiger partial charge in [0, 0.05) is 25.6 Å². The lowest BCUT2D eigenvalue weighted by atomic mass is 9.78. The zero-order valence-corrected chi connectivity index (χ0v) is 11.6. The molecule has 0 radical (unpaired) electrons. The predicted octanol–water partition coefficient (Wildman–Crippen LogP) is 1.02. The SMILES string of the molecule is O=C(NCCCOCCO)NCC1Cc2ccccc21. The van der Waals surface area contributed by atoms with Crippen molar-refractivity contribution >= 4 is 6.03 Å². The maximum Gasteiger partial charge on any atom is 0.314 e. The smallest absolute Gasteiger partial charge is 0.314 e. The minimum absolute atomic E-state index is 0.0385. The Morgan fingerprint density at radius 3 is 2.95 bits per heavy atom. The lowest BCUT2D eigenvalue weighted by Crippen LogP contribution is -2.40. The van der Waals surface area contributed by atoms with Crippen molar-refractivity contribution in [1.82, 2.24) is 10.6 Å². The van der Waals surface area contributed by atoms with E-state index in [0.717, 1.165) is 12.8 Å². The molecule has 1 aromatic carbocycles. The molecule has 5 nitrogen and oxygen atoms in total. The molecule has 1 aromatic rings. The van der Waals surface area contributed by atoms with Crippen LogP contribution in [0.2, 0.25) is 0 Å². The maximum absolute atomic E-state index is 11.6. The number of hydrogen-bond donors (Lipinski definition) is 3. The number of ether oxygens (including phenoxy) is 1. The van der Waals surface area contributed by atoms with Crippen LogP contribution in [0.4, 0.5) is 4.79 Å². The summed E-state index contributed by atoms with van der Waals surface area (Å²) in [6.45, 7) is 2.21. The molecule has 2 amide bonds. The molecule has 0 spiro atoms. The molecule has 1 atom stereocenters. The van der Waals surface area contributed by atoms with Gasteiger partial charge in [0.15, 0.2) is 0 Å². The highest BCUT2D eigenvalue weighted by Crippen LogP contribution is 2.33. The van der Waals surface area contributed by atoms with Gasteiger partial charge in [0.05, 0.1) is 13.2 Å². The summed E-state index contributed by atoms with van der Waals surface area (Å²) in [5.74, 6) is 0.449. The second-order valence-electron chi connectivity index (χ2n) is 4.93. The highest BCUT2D eigenvalue weighted by Gasteiger charge is 2.25. The van der Waals surface area contributed by atoms with E-state index in [4.69, 9.17) is 9.84 Å². The van der Waals surface area contributed by atoms with Crippen molar-refractivity contribution in [2.45, 2.75) is 18.8 Å². The van der Waals surface area contributed by atoms with Gasteiger partial charge in [0.2, 0.25) is 0 Å². The van der Waals surface area contributed by atoms with Crippen molar-refractivity contribution in [3.63, 3.8) is 0 Å². The molecule has 0 saturated heterocycles. The average molecular weight is 278 g/mol. The van der Waals surface area contributed by atoms with Gasteiger partial charge in [0.1, 0.15) is 0 Å². The molecule has 1 unspecified atom stereocenters. The Morgan fingerprint density at radius 2 is 2.15 bits per heavy atom. The van der Waals surface area contributed by atoms with Crippen molar-refractivity contribution in [3.8, 4) is 0 Å². The van der Waals surface area contributed by atoms with Crippen LogP contribution in [0.25, 0.3) is 0 Å². The molecular formula is C15H22N2O3. The van der Waals surface area contributed by atoms with Crippen LogP contribution in [-0.2, 0) is 11.2 Å². The fourth-order valence-corrected chi connectivity index (χ4v) is 2.37. The first kappa shape index (κ1) is 14.8. The quantitative estimate of drug-likeness (QED) is 0.622. The van der Waals surface area contributed by atoms with Crippen LogP contribution in [0.3, 0.4) is 0 Å². The molecular weight excluding hydrogens is 256 g/mol. The normalized spacial score (nSPS) is 16.1. The van der Waals surface area contributed by atoms with Gasteiger partial charge in [-0.1, -0.05) is 24.3 Å². The number of carbonyl (C=O) groups is 1. The molecule has 20 heavy (non-hydrogen) atoms. The zero-order valence-electron chi connectivity index (χ0n) is 11.6. The topological polar surface area (TPSA) is 70.6 Å². The van der Waals surface area contributed by atoms with Crippen molar-refractivity contribution in [1.29, 1.82) is 0 Å². The lowest BCUT2D eigenvalue weighted by Gasteiger charge is -2.30. The largest absolute Gasteiger partial charge is 0.394 e. The Kier molecular flexibility index (Phi) is 5.83. The fourth-order valence-electron chi connectivity index (χ4n) is 2.37. The van der Waals surface area contributed by atoms with Crippen LogP contribution < -0.4 is 10.6 Å². The van der Waals surface area contributed by atoms with Crippen LogP contribution in [-0.4, -0.2) is 44.0 Å². The first-order valence-electron chi connectivity index (χ1n) is 7.09. The molecule has 110 valence electrons. The molecule has 5 heteroatoms. The summed E-state index contributed by atoms with van der Waals surface area (Å²) in [6.07, 6.45) is 1.80. The second-order valence-corrected chi connectivity index (χ2v) is 4.93. The van der Waals surface area contributed by atoms with E-state index in [0.29, 0.717) is 32.2 Å². The Bertz CT molecular complexity index is 437. The van der Waals surface area contributed by atoms with Crippen molar-refractivity contribution in [3.05, 3.63) is 35.4 Å². The standard InChI is InChI=1S/C15H22N2O3/c18-7-9-20-8-3-6-16-15(19)17-11-13-10-12-4-1-2-5-14(12)13/h1-2,4-5,13,18H,3,6-11H2,(H2,16,17,19). The van der Waals surface area contributed by atoms with Gasteiger partial charge in [-0.25, -0.2) is 4.79 Å². The number of rotatable bonds is 8. The third-order valence-corrected chi connectivity index (χ3v) is 3.46. The highest BCUT2D eigenvalue weighted by molar-refractivity contribution is 5.73. The summed E-state index contributed by atoms with van der Waals surface area (Å²) in [6, 6.07) is 8.22. The number of aliphatic hydroxyl groups is 1. The molecule has 0 saturated carbocycles. The molecule has 1 aliphatic rings. The number of urea groups is 1. The fraction of sp³-hybridized carbons (Fsp3) is 0.533. The predicted molar refractivity (Wildman–Crippen MR) is 76.8 cm³/mol. The summed E-state index contributed by atoms with van der Waals surface area (Å²) in [7, 11) is 0. The number of benzene rings is 1. The second kappa shape index (κ2) is 7.87. The monoisotopic (exact) mass is 278 g/mol. The van der Waals surface area contributed by atoms with E-state index in [2.05, 4.69) is 22.8 Å². The zero-order chi connectivity index (χ0) is 14.2. The van der Waals surface area contributed by atoms with Crippen molar-refractivity contribution < 1.29 is 14.6 Å². The molecule has 2 rings (SSSR count). The minimum atomic E-state index is -0.128. The summed E-state index contributed by atoms with van der Waals surface area (Å²) in [5.41, 5.74) is 2.74. The Morgan fingerprint density at radius 1 is 1.30 bits per heavy atom. The van der Waals surface area contributed by atoms with Crippen LogP contribution in [0, 0.1) is 0 Å². The van der Waals surface area contributed by atoms with Gasteiger partial charge in [-0.15, -0.1) is 0 Å². The van der Waals surface area contributed by atoms with Gasteiger partial charge in [-0.3, -0.25) is 0 Å². The first-order valence-corrected chi connectivity index (χ1v) is 7.09. The molecule has 3 N–H and O–H groups in total. The maximum atomic E-state index is 11.6. The third kappa shape index (κ3) is 4.21. The number of fused-ring (bicyclic) bond motifs is 1. The Balaban J connectivity index is 1.53.